The number of rotatable bonds is 6. The topological polar surface area (TPSA) is 61.8 Å². The van der Waals surface area contributed by atoms with E-state index in [9.17, 15) is 14.0 Å². The molecule has 5 aliphatic carbocycles. The van der Waals surface area contributed by atoms with Crippen molar-refractivity contribution in [1.29, 1.82) is 0 Å². The van der Waals surface area contributed by atoms with E-state index in [1.807, 2.05) is 13.8 Å². The van der Waals surface area contributed by atoms with Gasteiger partial charge in [0.05, 0.1) is 12.2 Å². The highest BCUT2D eigenvalue weighted by molar-refractivity contribution is 5.66. The Morgan fingerprint density at radius 1 is 1.03 bits per heavy atom. The smallest absolute Gasteiger partial charge is 0.303 e. The van der Waals surface area contributed by atoms with Gasteiger partial charge in [-0.1, -0.05) is 20.3 Å². The van der Waals surface area contributed by atoms with E-state index in [0.717, 1.165) is 44.9 Å². The highest BCUT2D eigenvalue weighted by Crippen LogP contribution is 2.87. The predicted octanol–water partition coefficient (Wildman–Crippen LogP) is 6.41. The van der Waals surface area contributed by atoms with E-state index in [4.69, 9.17) is 14.2 Å². The SMILES string of the molecule is CCCC12CC13CCC1(C)C(CC(OC(C)=O)C1C1CCC(C(C)(C)OC(C)=O)O1)C3C[C@@H]1CC(F)C12. The second kappa shape index (κ2) is 8.41. The number of fused-ring (bicyclic) bond motifs is 4. The van der Waals surface area contributed by atoms with Crippen LogP contribution in [0.15, 0.2) is 0 Å². The summed E-state index contributed by atoms with van der Waals surface area (Å²) in [5.41, 5.74) is -0.142. The summed E-state index contributed by atoms with van der Waals surface area (Å²) in [7, 11) is 0. The maximum Gasteiger partial charge on any atom is 0.303 e. The van der Waals surface area contributed by atoms with Crippen molar-refractivity contribution < 1.29 is 28.2 Å². The Balaban J connectivity index is 1.29. The number of ether oxygens (including phenoxy) is 3. The van der Waals surface area contributed by atoms with Crippen molar-refractivity contribution in [2.24, 2.45) is 45.8 Å². The van der Waals surface area contributed by atoms with Crippen LogP contribution in [0.2, 0.25) is 0 Å². The van der Waals surface area contributed by atoms with Crippen LogP contribution in [-0.2, 0) is 23.8 Å². The van der Waals surface area contributed by atoms with E-state index in [-0.39, 0.29) is 52.9 Å². The molecular formula is C31H47FO5. The van der Waals surface area contributed by atoms with Gasteiger partial charge in [0.1, 0.15) is 17.9 Å². The highest BCUT2D eigenvalue weighted by Gasteiger charge is 2.82. The van der Waals surface area contributed by atoms with E-state index in [2.05, 4.69) is 13.8 Å². The Morgan fingerprint density at radius 2 is 1.78 bits per heavy atom. The van der Waals surface area contributed by atoms with E-state index < -0.39 is 11.8 Å². The maximum atomic E-state index is 15.0. The molecule has 208 valence electrons. The molecule has 37 heavy (non-hydrogen) atoms. The van der Waals surface area contributed by atoms with Gasteiger partial charge in [-0.05, 0) is 112 Å². The molecule has 0 N–H and O–H groups in total. The monoisotopic (exact) mass is 518 g/mol. The van der Waals surface area contributed by atoms with Gasteiger partial charge < -0.3 is 14.2 Å². The molecule has 1 aliphatic heterocycles. The maximum absolute atomic E-state index is 15.0. The molecule has 11 unspecified atom stereocenters. The van der Waals surface area contributed by atoms with E-state index in [1.165, 1.54) is 33.1 Å². The van der Waals surface area contributed by atoms with E-state index in [1.54, 1.807) is 0 Å². The third-order valence-corrected chi connectivity index (χ3v) is 12.6. The molecule has 6 fully saturated rings. The summed E-state index contributed by atoms with van der Waals surface area (Å²) in [5.74, 6) is 1.55. The lowest BCUT2D eigenvalue weighted by Crippen LogP contribution is -2.56. The fourth-order valence-electron chi connectivity index (χ4n) is 11.4. The van der Waals surface area contributed by atoms with Crippen LogP contribution in [0.3, 0.4) is 0 Å². The number of alkyl halides is 1. The molecule has 0 aromatic heterocycles. The first-order valence-corrected chi connectivity index (χ1v) is 15.0. The Hall–Kier alpha value is -1.17. The Labute approximate surface area is 221 Å². The van der Waals surface area contributed by atoms with Gasteiger partial charge in [-0.2, -0.15) is 0 Å². The van der Waals surface area contributed by atoms with Crippen LogP contribution >= 0.6 is 0 Å². The Bertz CT molecular complexity index is 965. The number of halogens is 1. The molecule has 0 radical (unpaired) electrons. The molecule has 5 nitrogen and oxygen atoms in total. The third-order valence-electron chi connectivity index (χ3n) is 12.6. The third kappa shape index (κ3) is 3.55. The summed E-state index contributed by atoms with van der Waals surface area (Å²) in [6.45, 7) is 11.6. The van der Waals surface area contributed by atoms with Gasteiger partial charge in [-0.3, -0.25) is 9.59 Å². The molecule has 0 bridgehead atoms. The average Bonchev–Trinajstić information content (AvgIpc) is 3.04. The first kappa shape index (κ1) is 26.1. The van der Waals surface area contributed by atoms with E-state index >= 15 is 0 Å². The lowest BCUT2D eigenvalue weighted by molar-refractivity contribution is -0.179. The molecule has 0 aromatic rings. The fraction of sp³-hybridized carbons (Fsp3) is 0.935. The molecule has 1 heterocycles. The van der Waals surface area contributed by atoms with E-state index in [0.29, 0.717) is 23.2 Å². The molecule has 1 saturated heterocycles. The predicted molar refractivity (Wildman–Crippen MR) is 137 cm³/mol. The largest absolute Gasteiger partial charge is 0.462 e. The van der Waals surface area contributed by atoms with Crippen molar-refractivity contribution in [3.8, 4) is 0 Å². The quantitative estimate of drug-likeness (QED) is 0.380. The van der Waals surface area contributed by atoms with Crippen molar-refractivity contribution in [3.63, 3.8) is 0 Å². The Morgan fingerprint density at radius 3 is 2.43 bits per heavy atom. The number of hydrogen-bond acceptors (Lipinski definition) is 5. The lowest BCUT2D eigenvalue weighted by atomic mass is 9.45. The second-order valence-corrected chi connectivity index (χ2v) is 14.6. The van der Waals surface area contributed by atoms with Crippen LogP contribution in [-0.4, -0.2) is 42.0 Å². The fourth-order valence-corrected chi connectivity index (χ4v) is 11.4. The van der Waals surface area contributed by atoms with Gasteiger partial charge in [-0.25, -0.2) is 4.39 Å². The molecule has 5 saturated carbocycles. The summed E-state index contributed by atoms with van der Waals surface area (Å²) in [6, 6.07) is 0. The highest BCUT2D eigenvalue weighted by atomic mass is 19.1. The molecule has 12 atom stereocenters. The minimum absolute atomic E-state index is 0.0110. The summed E-state index contributed by atoms with van der Waals surface area (Å²) < 4.78 is 33.4. The molecule has 0 amide bonds. The van der Waals surface area contributed by atoms with Crippen molar-refractivity contribution in [2.45, 2.75) is 136 Å². The van der Waals surface area contributed by atoms with Crippen LogP contribution in [0.25, 0.3) is 0 Å². The van der Waals surface area contributed by atoms with Gasteiger partial charge in [0.25, 0.3) is 0 Å². The summed E-state index contributed by atoms with van der Waals surface area (Å²) in [6.07, 6.45) is 9.44. The molecule has 1 spiro atoms. The Kier molecular flexibility index (Phi) is 5.93. The van der Waals surface area contributed by atoms with Gasteiger partial charge in [0.2, 0.25) is 0 Å². The van der Waals surface area contributed by atoms with Crippen LogP contribution < -0.4 is 0 Å². The molecule has 6 aliphatic rings. The van der Waals surface area contributed by atoms with Gasteiger partial charge >= 0.3 is 11.9 Å². The molecule has 6 heteroatoms. The molecule has 6 rings (SSSR count). The number of hydrogen-bond donors (Lipinski definition) is 0. The first-order valence-electron chi connectivity index (χ1n) is 15.0. The van der Waals surface area contributed by atoms with Crippen molar-refractivity contribution >= 4 is 11.9 Å². The second-order valence-electron chi connectivity index (χ2n) is 14.6. The van der Waals surface area contributed by atoms with Crippen molar-refractivity contribution in [3.05, 3.63) is 0 Å². The minimum Gasteiger partial charge on any atom is -0.462 e. The van der Waals surface area contributed by atoms with Crippen LogP contribution in [0.5, 0.6) is 0 Å². The number of esters is 2. The summed E-state index contributed by atoms with van der Waals surface area (Å²) in [5, 5.41) is 0. The molecule has 0 aromatic carbocycles. The summed E-state index contributed by atoms with van der Waals surface area (Å²) in [4.78, 5) is 24.0. The van der Waals surface area contributed by atoms with Crippen LogP contribution in [0.1, 0.15) is 106 Å². The zero-order chi connectivity index (χ0) is 26.5. The number of carbonyl (C=O) groups excluding carboxylic acids is 2. The standard InChI is InChI=1S/C31H47FO5/c1-7-10-31-16-30(31)12-11-29(6)20(21(30)13-19-14-22(32)26(19)31)15-24(35-17(2)33)27(29)23-8-9-25(36-23)28(4,5)37-18(3)34/h19-27H,7-16H2,1-6H3/t19-,20?,21?,22?,23?,24?,25?,26?,27?,29?,30?,31?/m1/s1. The lowest BCUT2D eigenvalue weighted by Gasteiger charge is -2.60. The zero-order valence-electron chi connectivity index (χ0n) is 23.7. The van der Waals surface area contributed by atoms with Crippen LogP contribution in [0, 0.1) is 45.8 Å². The average molecular weight is 519 g/mol. The van der Waals surface area contributed by atoms with Crippen molar-refractivity contribution in [1.82, 2.24) is 0 Å². The van der Waals surface area contributed by atoms with Crippen LogP contribution in [0.4, 0.5) is 4.39 Å². The molecular weight excluding hydrogens is 471 g/mol. The normalized spacial score (nSPS) is 51.7. The van der Waals surface area contributed by atoms with Gasteiger partial charge in [0, 0.05) is 19.8 Å². The first-order chi connectivity index (χ1) is 17.4. The van der Waals surface area contributed by atoms with Crippen molar-refractivity contribution in [2.75, 3.05) is 0 Å². The summed E-state index contributed by atoms with van der Waals surface area (Å²) >= 11 is 0. The van der Waals surface area contributed by atoms with Gasteiger partial charge in [0.15, 0.2) is 0 Å². The number of carbonyl (C=O) groups is 2. The van der Waals surface area contributed by atoms with Gasteiger partial charge in [-0.15, -0.1) is 0 Å². The zero-order valence-corrected chi connectivity index (χ0v) is 23.7. The minimum atomic E-state index is -0.688.